The molecule has 0 spiro atoms. The topological polar surface area (TPSA) is 66.5 Å². The molecular weight excluding hydrogens is 319 g/mol. The number of hydrogen-bond acceptors (Lipinski definition) is 4. The summed E-state index contributed by atoms with van der Waals surface area (Å²) < 4.78 is 38.3. The molecule has 0 amide bonds. The van der Waals surface area contributed by atoms with Gasteiger partial charge in [-0.25, -0.2) is 17.5 Å². The molecule has 2 rings (SSSR count). The lowest BCUT2D eigenvalue weighted by Crippen LogP contribution is -2.42. The fraction of sp³-hybridized carbons (Fsp3) is 0.562. The largest absolute Gasteiger partial charge is 0.301 e. The van der Waals surface area contributed by atoms with Crippen LogP contribution in [0, 0.1) is 11.7 Å². The molecule has 1 saturated heterocycles. The molecule has 5 nitrogen and oxygen atoms in total. The molecule has 1 aromatic rings. The molecule has 1 heterocycles. The summed E-state index contributed by atoms with van der Waals surface area (Å²) in [7, 11) is -3.18. The smallest absolute Gasteiger partial charge is 0.211 e. The second-order valence-electron chi connectivity index (χ2n) is 5.81. The van der Waals surface area contributed by atoms with E-state index in [-0.39, 0.29) is 23.3 Å². The first-order chi connectivity index (χ1) is 10.9. The van der Waals surface area contributed by atoms with Crippen LogP contribution in [0.1, 0.15) is 30.1 Å². The average molecular weight is 342 g/mol. The van der Waals surface area contributed by atoms with Gasteiger partial charge in [0.25, 0.3) is 0 Å². The number of carbonyl (C=O) groups excluding carboxylic acids is 1. The Morgan fingerprint density at radius 2 is 2.04 bits per heavy atom. The Balaban J connectivity index is 1.88. The van der Waals surface area contributed by atoms with Crippen LogP contribution in [0.2, 0.25) is 0 Å². The molecule has 1 aromatic carbocycles. The van der Waals surface area contributed by atoms with Gasteiger partial charge in [0.15, 0.2) is 5.78 Å². The van der Waals surface area contributed by atoms with Gasteiger partial charge in [-0.3, -0.25) is 4.79 Å². The van der Waals surface area contributed by atoms with Crippen molar-refractivity contribution in [3.05, 3.63) is 35.6 Å². The molecule has 1 N–H and O–H groups in total. The number of ketones is 1. The van der Waals surface area contributed by atoms with E-state index in [1.807, 2.05) is 0 Å². The van der Waals surface area contributed by atoms with Crippen molar-refractivity contribution >= 4 is 15.8 Å². The third-order valence-electron chi connectivity index (χ3n) is 4.14. The van der Waals surface area contributed by atoms with E-state index in [4.69, 9.17) is 0 Å². The minimum atomic E-state index is -3.18. The van der Waals surface area contributed by atoms with Crippen LogP contribution in [0.4, 0.5) is 4.39 Å². The lowest BCUT2D eigenvalue weighted by molar-refractivity contribution is 0.0822. The van der Waals surface area contributed by atoms with Gasteiger partial charge in [0.1, 0.15) is 5.82 Å². The van der Waals surface area contributed by atoms with Gasteiger partial charge < -0.3 is 4.90 Å². The highest BCUT2D eigenvalue weighted by molar-refractivity contribution is 7.89. The molecule has 0 radical (unpaired) electrons. The number of rotatable bonds is 7. The number of hydrogen-bond donors (Lipinski definition) is 1. The molecule has 128 valence electrons. The van der Waals surface area contributed by atoms with Crippen LogP contribution in [0.15, 0.2) is 24.3 Å². The molecule has 23 heavy (non-hydrogen) atoms. The van der Waals surface area contributed by atoms with Crippen molar-refractivity contribution in [3.63, 3.8) is 0 Å². The van der Waals surface area contributed by atoms with Gasteiger partial charge in [0, 0.05) is 31.1 Å². The Hall–Kier alpha value is -1.31. The molecule has 0 saturated carbocycles. The van der Waals surface area contributed by atoms with Crippen LogP contribution < -0.4 is 4.72 Å². The van der Waals surface area contributed by atoms with Crippen molar-refractivity contribution < 1.29 is 17.6 Å². The maximum atomic E-state index is 12.9. The van der Waals surface area contributed by atoms with Crippen LogP contribution in [0.5, 0.6) is 0 Å². The molecule has 1 aliphatic heterocycles. The summed E-state index contributed by atoms with van der Waals surface area (Å²) in [6.45, 7) is 4.02. The zero-order valence-corrected chi connectivity index (χ0v) is 14.1. The fourth-order valence-corrected chi connectivity index (χ4v) is 3.39. The zero-order chi connectivity index (χ0) is 16.9. The van der Waals surface area contributed by atoms with Gasteiger partial charge in [-0.05, 0) is 50.6 Å². The minimum Gasteiger partial charge on any atom is -0.301 e. The maximum absolute atomic E-state index is 12.9. The van der Waals surface area contributed by atoms with Crippen molar-refractivity contribution in [1.82, 2.24) is 9.62 Å². The monoisotopic (exact) mass is 342 g/mol. The molecule has 0 aromatic heterocycles. The van der Waals surface area contributed by atoms with Crippen molar-refractivity contribution in [2.45, 2.75) is 19.8 Å². The highest BCUT2D eigenvalue weighted by Gasteiger charge is 2.26. The molecule has 1 aliphatic rings. The van der Waals surface area contributed by atoms with E-state index in [1.165, 1.54) is 24.3 Å². The highest BCUT2D eigenvalue weighted by Crippen LogP contribution is 2.21. The van der Waals surface area contributed by atoms with Gasteiger partial charge >= 0.3 is 0 Å². The van der Waals surface area contributed by atoms with Crippen LogP contribution in [-0.4, -0.2) is 51.0 Å². The number of nitrogens with zero attached hydrogens (tertiary/aromatic N) is 1. The van der Waals surface area contributed by atoms with E-state index in [1.54, 1.807) is 6.92 Å². The van der Waals surface area contributed by atoms with Crippen LogP contribution in [-0.2, 0) is 10.0 Å². The van der Waals surface area contributed by atoms with E-state index in [2.05, 4.69) is 9.62 Å². The summed E-state index contributed by atoms with van der Waals surface area (Å²) >= 11 is 0. The van der Waals surface area contributed by atoms with E-state index in [9.17, 15) is 17.6 Å². The number of halogens is 1. The van der Waals surface area contributed by atoms with Crippen molar-refractivity contribution in [2.75, 3.05) is 31.9 Å². The second kappa shape index (κ2) is 7.99. The first kappa shape index (κ1) is 18.0. The zero-order valence-electron chi connectivity index (χ0n) is 13.3. The fourth-order valence-electron chi connectivity index (χ4n) is 2.78. The Morgan fingerprint density at radius 1 is 1.35 bits per heavy atom. The Morgan fingerprint density at radius 3 is 2.70 bits per heavy atom. The van der Waals surface area contributed by atoms with Crippen LogP contribution >= 0.6 is 0 Å². The summed E-state index contributed by atoms with van der Waals surface area (Å²) in [6, 6.07) is 5.64. The van der Waals surface area contributed by atoms with Crippen LogP contribution in [0.3, 0.4) is 0 Å². The molecule has 0 bridgehead atoms. The third kappa shape index (κ3) is 5.37. The van der Waals surface area contributed by atoms with E-state index in [0.29, 0.717) is 25.2 Å². The molecule has 1 fully saturated rings. The summed E-state index contributed by atoms with van der Waals surface area (Å²) in [5.41, 5.74) is 0.532. The standard InChI is InChI=1S/C16H23FN2O3S/c1-2-23(21,22)18-9-11-19-10-3-4-14(12-19)16(20)13-5-7-15(17)8-6-13/h5-8,14,18H,2-4,9-12H2,1H3/t14-/m1/s1. The normalized spacial score (nSPS) is 19.7. The van der Waals surface area contributed by atoms with Gasteiger partial charge in [-0.1, -0.05) is 0 Å². The third-order valence-corrected chi connectivity index (χ3v) is 5.54. The molecule has 1 atom stereocenters. The van der Waals surface area contributed by atoms with Gasteiger partial charge in [-0.15, -0.1) is 0 Å². The first-order valence-electron chi connectivity index (χ1n) is 7.91. The predicted octanol–water partition coefficient (Wildman–Crippen LogP) is 1.66. The quantitative estimate of drug-likeness (QED) is 0.766. The lowest BCUT2D eigenvalue weighted by Gasteiger charge is -2.32. The van der Waals surface area contributed by atoms with Gasteiger partial charge in [0.05, 0.1) is 5.75 Å². The van der Waals surface area contributed by atoms with Crippen molar-refractivity contribution in [3.8, 4) is 0 Å². The number of nitrogens with one attached hydrogen (secondary N) is 1. The SMILES string of the molecule is CCS(=O)(=O)NCCN1CCC[C@@H](C(=O)c2ccc(F)cc2)C1. The number of benzene rings is 1. The Labute approximate surface area is 136 Å². The van der Waals surface area contributed by atoms with E-state index in [0.717, 1.165) is 19.4 Å². The number of sulfonamides is 1. The average Bonchev–Trinajstić information content (AvgIpc) is 2.55. The summed E-state index contributed by atoms with van der Waals surface area (Å²) in [5, 5.41) is 0. The minimum absolute atomic E-state index is 0.0313. The lowest BCUT2D eigenvalue weighted by atomic mass is 9.90. The van der Waals surface area contributed by atoms with Crippen molar-refractivity contribution in [1.29, 1.82) is 0 Å². The second-order valence-corrected chi connectivity index (χ2v) is 7.90. The molecule has 0 unspecified atom stereocenters. The van der Waals surface area contributed by atoms with E-state index >= 15 is 0 Å². The Kier molecular flexibility index (Phi) is 6.26. The van der Waals surface area contributed by atoms with Gasteiger partial charge in [0.2, 0.25) is 10.0 Å². The summed E-state index contributed by atoms with van der Waals surface area (Å²) in [5.74, 6) is -0.366. The summed E-state index contributed by atoms with van der Waals surface area (Å²) in [6.07, 6.45) is 1.71. The maximum Gasteiger partial charge on any atom is 0.211 e. The number of Topliss-reactive ketones (excluding diaryl/α,β-unsaturated/α-hetero) is 1. The highest BCUT2D eigenvalue weighted by atomic mass is 32.2. The van der Waals surface area contributed by atoms with Crippen LogP contribution in [0.25, 0.3) is 0 Å². The Bertz CT molecular complexity index is 631. The van der Waals surface area contributed by atoms with Crippen molar-refractivity contribution in [2.24, 2.45) is 5.92 Å². The van der Waals surface area contributed by atoms with Gasteiger partial charge in [-0.2, -0.15) is 0 Å². The first-order valence-corrected chi connectivity index (χ1v) is 9.56. The molecule has 0 aliphatic carbocycles. The predicted molar refractivity (Wildman–Crippen MR) is 87.4 cm³/mol. The number of likely N-dealkylation sites (tertiary alicyclic amines) is 1. The molecule has 7 heteroatoms. The number of carbonyl (C=O) groups is 1. The van der Waals surface area contributed by atoms with E-state index < -0.39 is 10.0 Å². The number of piperidine rings is 1. The summed E-state index contributed by atoms with van der Waals surface area (Å²) in [4.78, 5) is 14.6. The molecular formula is C16H23FN2O3S.